The molecular weight excluding hydrogens is 386 g/mol. The second-order valence-electron chi connectivity index (χ2n) is 7.03. The lowest BCUT2D eigenvalue weighted by Crippen LogP contribution is -2.27. The van der Waals surface area contributed by atoms with E-state index in [1.165, 1.54) is 34.0 Å². The van der Waals surface area contributed by atoms with Crippen molar-refractivity contribution >= 4 is 23.8 Å². The van der Waals surface area contributed by atoms with Gasteiger partial charge in [-0.2, -0.15) is 0 Å². The number of carboxylic acids is 1. The molecule has 5 nitrogen and oxygen atoms in total. The molecule has 1 atom stereocenters. The fourth-order valence-electron chi connectivity index (χ4n) is 3.77. The van der Waals surface area contributed by atoms with Crippen molar-refractivity contribution < 1.29 is 19.4 Å². The summed E-state index contributed by atoms with van der Waals surface area (Å²) in [5, 5.41) is 11.6. The van der Waals surface area contributed by atoms with Gasteiger partial charge in [-0.05, 0) is 40.8 Å². The minimum absolute atomic E-state index is 0.0514. The lowest BCUT2D eigenvalue weighted by Gasteiger charge is -2.15. The third kappa shape index (κ3) is 5.32. The lowest BCUT2D eigenvalue weighted by molar-refractivity contribution is -0.136. The predicted octanol–water partition coefficient (Wildman–Crippen LogP) is 4.90. The van der Waals surface area contributed by atoms with Gasteiger partial charge in [0.05, 0.1) is 0 Å². The highest BCUT2D eigenvalue weighted by Crippen LogP contribution is 2.44. The Balaban J connectivity index is 1.44. The number of aliphatic carboxylic acids is 1. The van der Waals surface area contributed by atoms with Crippen LogP contribution in [-0.2, 0) is 9.53 Å². The molecule has 154 valence electrons. The number of thioether (sulfide) groups is 1. The molecule has 0 aromatic heterocycles. The summed E-state index contributed by atoms with van der Waals surface area (Å²) in [6.45, 7) is 2.74. The first-order valence-corrected chi connectivity index (χ1v) is 11.1. The molecule has 3 rings (SSSR count). The Hall–Kier alpha value is -2.47. The molecule has 1 amide bonds. The molecule has 2 aromatic carbocycles. The van der Waals surface area contributed by atoms with Gasteiger partial charge < -0.3 is 15.2 Å². The maximum Gasteiger partial charge on any atom is 0.407 e. The molecule has 1 aliphatic carbocycles. The molecule has 0 saturated heterocycles. The highest BCUT2D eigenvalue weighted by atomic mass is 32.2. The lowest BCUT2D eigenvalue weighted by atomic mass is 9.98. The van der Waals surface area contributed by atoms with E-state index in [0.29, 0.717) is 19.6 Å². The number of carbonyl (C=O) groups is 2. The molecule has 0 aliphatic heterocycles. The molecule has 1 aliphatic rings. The standard InChI is InChI=1S/C23H27NO4S/c1-2-29-21(22(25)26)13-7-8-14-24-23(27)28-15-20-18-11-5-3-9-16(18)17-10-4-6-12-19(17)20/h3-6,9-12,20-21H,2,7-8,13-15H2,1H3,(H,24,27)(H,25,26). The van der Waals surface area contributed by atoms with Crippen LogP contribution in [0.1, 0.15) is 43.2 Å². The van der Waals surface area contributed by atoms with Crippen LogP contribution in [0.2, 0.25) is 0 Å². The van der Waals surface area contributed by atoms with Gasteiger partial charge in [-0.15, -0.1) is 11.8 Å². The molecule has 6 heteroatoms. The first-order valence-electron chi connectivity index (χ1n) is 10.0. The Labute approximate surface area is 175 Å². The number of nitrogens with one attached hydrogen (secondary N) is 1. The minimum atomic E-state index is -0.763. The molecule has 0 saturated carbocycles. The van der Waals surface area contributed by atoms with Gasteiger partial charge in [-0.3, -0.25) is 4.79 Å². The smallest absolute Gasteiger partial charge is 0.407 e. The number of unbranched alkanes of at least 4 members (excludes halogenated alkanes) is 1. The Morgan fingerprint density at radius 3 is 2.28 bits per heavy atom. The fourth-order valence-corrected chi connectivity index (χ4v) is 4.65. The van der Waals surface area contributed by atoms with E-state index in [1.807, 2.05) is 31.2 Å². The Kier molecular flexibility index (Phi) is 7.58. The van der Waals surface area contributed by atoms with Crippen molar-refractivity contribution in [1.29, 1.82) is 0 Å². The van der Waals surface area contributed by atoms with Crippen molar-refractivity contribution in [3.63, 3.8) is 0 Å². The van der Waals surface area contributed by atoms with E-state index in [2.05, 4.69) is 29.6 Å². The average Bonchev–Trinajstić information content (AvgIpc) is 3.05. The van der Waals surface area contributed by atoms with E-state index < -0.39 is 12.1 Å². The second kappa shape index (κ2) is 10.3. The minimum Gasteiger partial charge on any atom is -0.480 e. The molecule has 1 unspecified atom stereocenters. The van der Waals surface area contributed by atoms with E-state index >= 15 is 0 Å². The molecule has 0 radical (unpaired) electrons. The number of hydrogen-bond donors (Lipinski definition) is 2. The van der Waals surface area contributed by atoms with E-state index in [-0.39, 0.29) is 11.2 Å². The Bertz CT molecular complexity index is 809. The second-order valence-corrected chi connectivity index (χ2v) is 8.51. The summed E-state index contributed by atoms with van der Waals surface area (Å²) < 4.78 is 5.50. The molecule has 0 spiro atoms. The molecule has 29 heavy (non-hydrogen) atoms. The monoisotopic (exact) mass is 413 g/mol. The quantitative estimate of drug-likeness (QED) is 0.542. The van der Waals surface area contributed by atoms with Crippen LogP contribution in [0, 0.1) is 0 Å². The van der Waals surface area contributed by atoms with Gasteiger partial charge >= 0.3 is 12.1 Å². The third-order valence-electron chi connectivity index (χ3n) is 5.15. The summed E-state index contributed by atoms with van der Waals surface area (Å²) in [6.07, 6.45) is 1.68. The van der Waals surface area contributed by atoms with Crippen LogP contribution in [-0.4, -0.2) is 41.3 Å². The number of amides is 1. The van der Waals surface area contributed by atoms with Crippen LogP contribution in [0.5, 0.6) is 0 Å². The summed E-state index contributed by atoms with van der Waals surface area (Å²) in [7, 11) is 0. The number of hydrogen-bond acceptors (Lipinski definition) is 4. The summed E-state index contributed by atoms with van der Waals surface area (Å²) >= 11 is 1.45. The Morgan fingerprint density at radius 2 is 1.69 bits per heavy atom. The van der Waals surface area contributed by atoms with Gasteiger partial charge in [0, 0.05) is 12.5 Å². The van der Waals surface area contributed by atoms with Gasteiger partial charge in [-0.1, -0.05) is 61.9 Å². The van der Waals surface area contributed by atoms with Crippen molar-refractivity contribution in [1.82, 2.24) is 5.32 Å². The van der Waals surface area contributed by atoms with Crippen LogP contribution >= 0.6 is 11.8 Å². The van der Waals surface area contributed by atoms with Crippen LogP contribution in [0.15, 0.2) is 48.5 Å². The molecule has 0 fully saturated rings. The number of fused-ring (bicyclic) bond motifs is 3. The number of rotatable bonds is 10. The third-order valence-corrected chi connectivity index (χ3v) is 6.32. The summed E-state index contributed by atoms with van der Waals surface area (Å²) in [4.78, 5) is 23.2. The van der Waals surface area contributed by atoms with Gasteiger partial charge in [0.1, 0.15) is 11.9 Å². The maximum atomic E-state index is 12.1. The van der Waals surface area contributed by atoms with E-state index in [1.54, 1.807) is 0 Å². The molecule has 0 bridgehead atoms. The van der Waals surface area contributed by atoms with Gasteiger partial charge in [-0.25, -0.2) is 4.79 Å². The number of carbonyl (C=O) groups excluding carboxylic acids is 1. The van der Waals surface area contributed by atoms with Crippen molar-refractivity contribution in [2.45, 2.75) is 37.4 Å². The Morgan fingerprint density at radius 1 is 1.07 bits per heavy atom. The molecule has 2 aromatic rings. The largest absolute Gasteiger partial charge is 0.480 e. The van der Waals surface area contributed by atoms with Crippen molar-refractivity contribution in [2.24, 2.45) is 0 Å². The fraction of sp³-hybridized carbons (Fsp3) is 0.391. The van der Waals surface area contributed by atoms with Crippen molar-refractivity contribution in [2.75, 3.05) is 18.9 Å². The number of benzene rings is 2. The van der Waals surface area contributed by atoms with Crippen LogP contribution in [0.3, 0.4) is 0 Å². The van der Waals surface area contributed by atoms with Crippen LogP contribution in [0.4, 0.5) is 4.79 Å². The van der Waals surface area contributed by atoms with Gasteiger partial charge in [0.2, 0.25) is 0 Å². The van der Waals surface area contributed by atoms with Crippen molar-refractivity contribution in [3.05, 3.63) is 59.7 Å². The highest BCUT2D eigenvalue weighted by molar-refractivity contribution is 8.00. The van der Waals surface area contributed by atoms with E-state index in [0.717, 1.165) is 18.6 Å². The highest BCUT2D eigenvalue weighted by Gasteiger charge is 2.28. The zero-order valence-corrected chi connectivity index (χ0v) is 17.4. The topological polar surface area (TPSA) is 75.6 Å². The van der Waals surface area contributed by atoms with Crippen LogP contribution in [0.25, 0.3) is 11.1 Å². The van der Waals surface area contributed by atoms with Crippen LogP contribution < -0.4 is 5.32 Å². The zero-order chi connectivity index (χ0) is 20.6. The maximum absolute atomic E-state index is 12.1. The first kappa shape index (κ1) is 21.2. The molecule has 0 heterocycles. The molecule has 2 N–H and O–H groups in total. The van der Waals surface area contributed by atoms with Gasteiger partial charge in [0.15, 0.2) is 0 Å². The first-order chi connectivity index (χ1) is 14.1. The van der Waals surface area contributed by atoms with Crippen molar-refractivity contribution in [3.8, 4) is 11.1 Å². The number of alkyl carbamates (subject to hydrolysis) is 1. The van der Waals surface area contributed by atoms with Gasteiger partial charge in [0.25, 0.3) is 0 Å². The van der Waals surface area contributed by atoms with E-state index in [9.17, 15) is 9.59 Å². The number of ether oxygens (including phenoxy) is 1. The SMILES string of the molecule is CCSC(CCCCNC(=O)OCC1c2ccccc2-c2ccccc21)C(=O)O. The zero-order valence-electron chi connectivity index (χ0n) is 16.6. The van der Waals surface area contributed by atoms with E-state index in [4.69, 9.17) is 9.84 Å². The summed E-state index contributed by atoms with van der Waals surface area (Å²) in [5.74, 6) is 0.0755. The summed E-state index contributed by atoms with van der Waals surface area (Å²) in [5.41, 5.74) is 4.79. The predicted molar refractivity (Wildman–Crippen MR) is 116 cm³/mol. The number of carboxylic acid groups (broad SMARTS) is 1. The average molecular weight is 414 g/mol. The molecular formula is C23H27NO4S. The summed E-state index contributed by atoms with van der Waals surface area (Å²) in [6, 6.07) is 16.5. The normalized spacial score (nSPS) is 13.4.